The highest BCUT2D eigenvalue weighted by molar-refractivity contribution is 5.79. The number of allylic oxidation sites excluding steroid dienone is 1. The number of unbranched alkanes of at least 4 members (excludes halogenated alkanes) is 3. The lowest BCUT2D eigenvalue weighted by Gasteiger charge is -2.23. The highest BCUT2D eigenvalue weighted by Gasteiger charge is 2.34. The monoisotopic (exact) mass is 306 g/mol. The molecule has 1 saturated heterocycles. The molecule has 2 rings (SSSR count). The fraction of sp³-hybridized carbons (Fsp3) is 0.833. The predicted octanol–water partition coefficient (Wildman–Crippen LogP) is 2.72. The van der Waals surface area contributed by atoms with Crippen LogP contribution in [0.25, 0.3) is 0 Å². The van der Waals surface area contributed by atoms with Gasteiger partial charge in [0.25, 0.3) is 0 Å². The van der Waals surface area contributed by atoms with Gasteiger partial charge in [0.15, 0.2) is 5.96 Å². The Morgan fingerprint density at radius 3 is 2.82 bits per heavy atom. The molecule has 0 spiro atoms. The van der Waals surface area contributed by atoms with Crippen molar-refractivity contribution in [3.63, 3.8) is 0 Å². The number of rotatable bonds is 9. The Labute approximate surface area is 136 Å². The van der Waals surface area contributed by atoms with Gasteiger partial charge in [-0.05, 0) is 51.0 Å². The van der Waals surface area contributed by atoms with Crippen molar-refractivity contribution < 1.29 is 0 Å². The Balaban J connectivity index is 1.60. The van der Waals surface area contributed by atoms with Crippen molar-refractivity contribution in [3.8, 4) is 0 Å². The molecule has 2 aliphatic rings. The van der Waals surface area contributed by atoms with Gasteiger partial charge < -0.3 is 15.1 Å². The van der Waals surface area contributed by atoms with Gasteiger partial charge in [-0.15, -0.1) is 6.58 Å². The molecule has 4 heteroatoms. The first kappa shape index (κ1) is 17.3. The summed E-state index contributed by atoms with van der Waals surface area (Å²) in [6, 6.07) is 0.919. The fourth-order valence-corrected chi connectivity index (χ4v) is 3.34. The Hall–Kier alpha value is -1.03. The van der Waals surface area contributed by atoms with Crippen molar-refractivity contribution >= 4 is 5.96 Å². The van der Waals surface area contributed by atoms with Gasteiger partial charge >= 0.3 is 0 Å². The normalized spacial score (nSPS) is 22.8. The van der Waals surface area contributed by atoms with Gasteiger partial charge in [0.05, 0.1) is 0 Å². The molecule has 1 heterocycles. The molecule has 0 aromatic carbocycles. The third-order valence-corrected chi connectivity index (χ3v) is 4.90. The molecule has 0 bridgehead atoms. The van der Waals surface area contributed by atoms with Crippen molar-refractivity contribution in [2.75, 3.05) is 40.3 Å². The lowest BCUT2D eigenvalue weighted by Crippen LogP contribution is -2.41. The minimum Gasteiger partial charge on any atom is -0.356 e. The van der Waals surface area contributed by atoms with Gasteiger partial charge in [-0.2, -0.15) is 0 Å². The van der Waals surface area contributed by atoms with Crippen LogP contribution in [0.5, 0.6) is 0 Å². The van der Waals surface area contributed by atoms with Gasteiger partial charge in [-0.1, -0.05) is 12.5 Å². The topological polar surface area (TPSA) is 30.9 Å². The zero-order valence-electron chi connectivity index (χ0n) is 14.6. The van der Waals surface area contributed by atoms with Gasteiger partial charge in [0.2, 0.25) is 0 Å². The molecular formula is C18H34N4. The first-order chi connectivity index (χ1) is 10.7. The van der Waals surface area contributed by atoms with E-state index in [9.17, 15) is 0 Å². The quantitative estimate of drug-likeness (QED) is 0.307. The van der Waals surface area contributed by atoms with E-state index in [-0.39, 0.29) is 0 Å². The number of aliphatic imine (C=N–C) groups is 1. The Bertz CT molecular complexity index is 362. The smallest absolute Gasteiger partial charge is 0.193 e. The lowest BCUT2D eigenvalue weighted by molar-refractivity contribution is 0.313. The lowest BCUT2D eigenvalue weighted by atomic mass is 10.1. The van der Waals surface area contributed by atoms with E-state index in [2.05, 4.69) is 33.7 Å². The molecule has 0 aromatic heterocycles. The fourth-order valence-electron chi connectivity index (χ4n) is 3.34. The van der Waals surface area contributed by atoms with Crippen LogP contribution in [0.15, 0.2) is 17.6 Å². The summed E-state index contributed by atoms with van der Waals surface area (Å²) in [6.45, 7) is 8.50. The van der Waals surface area contributed by atoms with Crippen LogP contribution in [-0.2, 0) is 0 Å². The number of nitrogens with zero attached hydrogens (tertiary/aromatic N) is 3. The minimum atomic E-state index is 0.790. The SMILES string of the molecule is C=CCCCCCN(C)C(=NC)NCC1CCN(C2CC2)C1. The average Bonchev–Trinajstić information content (AvgIpc) is 3.27. The number of nitrogens with one attached hydrogen (secondary N) is 1. The van der Waals surface area contributed by atoms with E-state index in [1.807, 2.05) is 13.1 Å². The van der Waals surface area contributed by atoms with E-state index in [0.29, 0.717) is 0 Å². The van der Waals surface area contributed by atoms with Crippen LogP contribution in [0.1, 0.15) is 44.9 Å². The molecule has 1 unspecified atom stereocenters. The second kappa shape index (κ2) is 9.19. The molecule has 4 nitrogen and oxygen atoms in total. The zero-order chi connectivity index (χ0) is 15.8. The third kappa shape index (κ3) is 5.64. The molecule has 1 N–H and O–H groups in total. The van der Waals surface area contributed by atoms with Crippen LogP contribution >= 0.6 is 0 Å². The van der Waals surface area contributed by atoms with E-state index in [0.717, 1.165) is 37.4 Å². The molecule has 0 aromatic rings. The molecule has 0 radical (unpaired) electrons. The van der Waals surface area contributed by atoms with Crippen molar-refractivity contribution in [2.24, 2.45) is 10.9 Å². The van der Waals surface area contributed by atoms with Crippen molar-refractivity contribution in [3.05, 3.63) is 12.7 Å². The van der Waals surface area contributed by atoms with E-state index >= 15 is 0 Å². The summed E-state index contributed by atoms with van der Waals surface area (Å²) in [4.78, 5) is 9.38. The number of likely N-dealkylation sites (tertiary alicyclic amines) is 1. The van der Waals surface area contributed by atoms with Gasteiger partial charge in [-0.25, -0.2) is 0 Å². The predicted molar refractivity (Wildman–Crippen MR) is 95.4 cm³/mol. The van der Waals surface area contributed by atoms with Crippen LogP contribution in [-0.4, -0.2) is 62.1 Å². The number of hydrogen-bond acceptors (Lipinski definition) is 2. The van der Waals surface area contributed by atoms with Crippen molar-refractivity contribution in [1.29, 1.82) is 0 Å². The second-order valence-electron chi connectivity index (χ2n) is 6.87. The highest BCUT2D eigenvalue weighted by atomic mass is 15.3. The first-order valence-corrected chi connectivity index (χ1v) is 9.01. The van der Waals surface area contributed by atoms with Gasteiger partial charge in [-0.3, -0.25) is 4.99 Å². The van der Waals surface area contributed by atoms with Crippen LogP contribution in [0.4, 0.5) is 0 Å². The largest absolute Gasteiger partial charge is 0.356 e. The summed E-state index contributed by atoms with van der Waals surface area (Å²) >= 11 is 0. The highest BCUT2D eigenvalue weighted by Crippen LogP contribution is 2.31. The average molecular weight is 306 g/mol. The second-order valence-corrected chi connectivity index (χ2v) is 6.87. The zero-order valence-corrected chi connectivity index (χ0v) is 14.6. The Kier molecular flexibility index (Phi) is 7.23. The molecule has 0 amide bonds. The summed E-state index contributed by atoms with van der Waals surface area (Å²) < 4.78 is 0. The molecule has 1 atom stereocenters. The van der Waals surface area contributed by atoms with E-state index in [4.69, 9.17) is 0 Å². The Morgan fingerprint density at radius 2 is 2.14 bits per heavy atom. The van der Waals surface area contributed by atoms with Crippen LogP contribution < -0.4 is 5.32 Å². The number of guanidine groups is 1. The van der Waals surface area contributed by atoms with Crippen molar-refractivity contribution in [1.82, 2.24) is 15.1 Å². The molecule has 2 fully saturated rings. The first-order valence-electron chi connectivity index (χ1n) is 9.01. The molecular weight excluding hydrogens is 272 g/mol. The summed E-state index contributed by atoms with van der Waals surface area (Å²) in [6.07, 6.45) is 11.1. The molecule has 1 saturated carbocycles. The van der Waals surface area contributed by atoms with Crippen molar-refractivity contribution in [2.45, 2.75) is 51.0 Å². The maximum atomic E-state index is 4.43. The minimum absolute atomic E-state index is 0.790. The molecule has 1 aliphatic carbocycles. The standard InChI is InChI=1S/C18H34N4/c1-4-5-6-7-8-12-21(3)18(19-2)20-14-16-11-13-22(15-16)17-9-10-17/h4,16-17H,1,5-15H2,2-3H3,(H,19,20). The maximum absolute atomic E-state index is 4.43. The third-order valence-electron chi connectivity index (χ3n) is 4.90. The van der Waals surface area contributed by atoms with Crippen LogP contribution in [0.2, 0.25) is 0 Å². The Morgan fingerprint density at radius 1 is 1.32 bits per heavy atom. The molecule has 126 valence electrons. The van der Waals surface area contributed by atoms with E-state index < -0.39 is 0 Å². The summed E-state index contributed by atoms with van der Waals surface area (Å²) in [7, 11) is 4.04. The maximum Gasteiger partial charge on any atom is 0.193 e. The van der Waals surface area contributed by atoms with Gasteiger partial charge in [0, 0.05) is 39.8 Å². The van der Waals surface area contributed by atoms with Gasteiger partial charge in [0.1, 0.15) is 0 Å². The molecule has 22 heavy (non-hydrogen) atoms. The summed E-state index contributed by atoms with van der Waals surface area (Å²) in [5, 5.41) is 3.58. The van der Waals surface area contributed by atoms with Crippen LogP contribution in [0.3, 0.4) is 0 Å². The summed E-state index contributed by atoms with van der Waals surface area (Å²) in [5.74, 6) is 1.84. The van der Waals surface area contributed by atoms with E-state index in [1.165, 1.54) is 51.6 Å². The molecule has 1 aliphatic heterocycles. The number of hydrogen-bond donors (Lipinski definition) is 1. The summed E-state index contributed by atoms with van der Waals surface area (Å²) in [5.41, 5.74) is 0. The van der Waals surface area contributed by atoms with E-state index in [1.54, 1.807) is 0 Å². The van der Waals surface area contributed by atoms with Crippen LogP contribution in [0, 0.1) is 5.92 Å².